The maximum Gasteiger partial charge on any atom is 0.343 e. The molecule has 0 bridgehead atoms. The number of H-pyrrole nitrogens is 1. The zero-order chi connectivity index (χ0) is 9.68. The van der Waals surface area contributed by atoms with Crippen LogP contribution in [0.4, 0.5) is 0 Å². The lowest BCUT2D eigenvalue weighted by atomic mass is 10.4. The Morgan fingerprint density at radius 3 is 2.92 bits per heavy atom. The number of halogens is 1. The number of thioether (sulfide) groups is 1. The van der Waals surface area contributed by atoms with Crippen molar-refractivity contribution in [1.82, 2.24) is 14.8 Å². The van der Waals surface area contributed by atoms with Gasteiger partial charge in [0.2, 0.25) is 0 Å². The number of alkyl halides is 1. The van der Waals surface area contributed by atoms with Gasteiger partial charge in [-0.15, -0.1) is 16.7 Å². The normalized spacial score (nSPS) is 10.6. The lowest BCUT2D eigenvalue weighted by molar-refractivity contribution is 0.764. The third-order valence-corrected chi connectivity index (χ3v) is 2.98. The molecule has 4 nitrogen and oxygen atoms in total. The first kappa shape index (κ1) is 10.7. The van der Waals surface area contributed by atoms with Gasteiger partial charge in [0.25, 0.3) is 0 Å². The Morgan fingerprint density at radius 1 is 1.62 bits per heavy atom. The standard InChI is InChI=1S/C7H12ClN3OS/c1-11-6(12)9-10-7(11)13-5-3-2-4-8/h2-5H2,1H3,(H,9,12). The van der Waals surface area contributed by atoms with Gasteiger partial charge in [0, 0.05) is 18.7 Å². The van der Waals surface area contributed by atoms with Crippen molar-refractivity contribution in [3.8, 4) is 0 Å². The lowest BCUT2D eigenvalue weighted by Crippen LogP contribution is -2.12. The smallest absolute Gasteiger partial charge is 0.273 e. The molecule has 0 aliphatic rings. The summed E-state index contributed by atoms with van der Waals surface area (Å²) in [5.41, 5.74) is -0.167. The van der Waals surface area contributed by atoms with Crippen molar-refractivity contribution in [2.45, 2.75) is 18.0 Å². The first-order chi connectivity index (χ1) is 6.25. The SMILES string of the molecule is Cn1c(SCCCCCl)n[nH]c1=O. The predicted molar refractivity (Wildman–Crippen MR) is 54.5 cm³/mol. The minimum Gasteiger partial charge on any atom is -0.273 e. The summed E-state index contributed by atoms with van der Waals surface area (Å²) in [6.07, 6.45) is 2.06. The lowest BCUT2D eigenvalue weighted by Gasteiger charge is -1.97. The third kappa shape index (κ3) is 3.08. The van der Waals surface area contributed by atoms with Gasteiger partial charge < -0.3 is 0 Å². The fraction of sp³-hybridized carbons (Fsp3) is 0.714. The van der Waals surface area contributed by atoms with Gasteiger partial charge in [0.05, 0.1) is 0 Å². The molecule has 74 valence electrons. The van der Waals surface area contributed by atoms with Gasteiger partial charge in [-0.3, -0.25) is 4.57 Å². The molecule has 0 amide bonds. The van der Waals surface area contributed by atoms with E-state index in [1.165, 1.54) is 4.57 Å². The molecule has 0 saturated carbocycles. The number of hydrogen-bond acceptors (Lipinski definition) is 3. The van der Waals surface area contributed by atoms with Crippen LogP contribution < -0.4 is 5.69 Å². The van der Waals surface area contributed by atoms with Crippen LogP contribution in [-0.4, -0.2) is 26.4 Å². The van der Waals surface area contributed by atoms with Gasteiger partial charge >= 0.3 is 5.69 Å². The molecule has 0 aliphatic heterocycles. The number of nitrogens with one attached hydrogen (secondary N) is 1. The van der Waals surface area contributed by atoms with Crippen molar-refractivity contribution in [3.63, 3.8) is 0 Å². The summed E-state index contributed by atoms with van der Waals surface area (Å²) < 4.78 is 1.51. The van der Waals surface area contributed by atoms with E-state index in [9.17, 15) is 4.79 Å². The van der Waals surface area contributed by atoms with E-state index < -0.39 is 0 Å². The highest BCUT2D eigenvalue weighted by atomic mass is 35.5. The van der Waals surface area contributed by atoms with E-state index in [0.29, 0.717) is 5.88 Å². The Bertz CT molecular complexity index is 309. The molecule has 1 aromatic heterocycles. The minimum atomic E-state index is -0.167. The van der Waals surface area contributed by atoms with Crippen LogP contribution in [0.2, 0.25) is 0 Å². The quantitative estimate of drug-likeness (QED) is 0.462. The van der Waals surface area contributed by atoms with Crippen LogP contribution in [0.3, 0.4) is 0 Å². The number of hydrogen-bond donors (Lipinski definition) is 1. The Kier molecular flexibility index (Phi) is 4.38. The highest BCUT2D eigenvalue weighted by molar-refractivity contribution is 7.99. The molecule has 6 heteroatoms. The van der Waals surface area contributed by atoms with Gasteiger partial charge in [0.15, 0.2) is 5.16 Å². The number of aromatic nitrogens is 3. The van der Waals surface area contributed by atoms with E-state index in [2.05, 4.69) is 10.2 Å². The fourth-order valence-electron chi connectivity index (χ4n) is 0.822. The molecule has 0 atom stereocenters. The molecule has 0 spiro atoms. The molecule has 1 heterocycles. The second kappa shape index (κ2) is 5.34. The monoisotopic (exact) mass is 221 g/mol. The van der Waals surface area contributed by atoms with Crippen molar-refractivity contribution < 1.29 is 0 Å². The molecule has 0 fully saturated rings. The molecule has 1 aromatic rings. The Balaban J connectivity index is 2.37. The number of nitrogens with zero attached hydrogens (tertiary/aromatic N) is 2. The summed E-state index contributed by atoms with van der Waals surface area (Å²) in [7, 11) is 1.70. The summed E-state index contributed by atoms with van der Waals surface area (Å²) in [4.78, 5) is 10.9. The first-order valence-electron chi connectivity index (χ1n) is 4.06. The molecular weight excluding hydrogens is 210 g/mol. The van der Waals surface area contributed by atoms with Crippen molar-refractivity contribution >= 4 is 23.4 Å². The number of unbranched alkanes of at least 4 members (excludes halogenated alkanes) is 1. The molecule has 0 unspecified atom stereocenters. The van der Waals surface area contributed by atoms with Crippen LogP contribution in [-0.2, 0) is 7.05 Å². The van der Waals surface area contributed by atoms with Gasteiger partial charge in [-0.1, -0.05) is 11.8 Å². The van der Waals surface area contributed by atoms with E-state index in [1.54, 1.807) is 18.8 Å². The summed E-state index contributed by atoms with van der Waals surface area (Å²) >= 11 is 7.10. The summed E-state index contributed by atoms with van der Waals surface area (Å²) in [5, 5.41) is 6.99. The van der Waals surface area contributed by atoms with Crippen LogP contribution in [0.15, 0.2) is 9.95 Å². The maximum atomic E-state index is 10.9. The van der Waals surface area contributed by atoms with Crippen molar-refractivity contribution in [2.75, 3.05) is 11.6 Å². The average Bonchev–Trinajstić information content (AvgIpc) is 2.43. The summed E-state index contributed by atoms with van der Waals surface area (Å²) in [5.74, 6) is 1.64. The zero-order valence-electron chi connectivity index (χ0n) is 7.42. The highest BCUT2D eigenvalue weighted by Gasteiger charge is 2.03. The predicted octanol–water partition coefficient (Wildman–Crippen LogP) is 1.22. The van der Waals surface area contributed by atoms with Crippen molar-refractivity contribution in [2.24, 2.45) is 7.05 Å². The average molecular weight is 222 g/mol. The minimum absolute atomic E-state index is 0.167. The highest BCUT2D eigenvalue weighted by Crippen LogP contribution is 2.13. The van der Waals surface area contributed by atoms with Crippen LogP contribution in [0.1, 0.15) is 12.8 Å². The molecule has 1 rings (SSSR count). The second-order valence-corrected chi connectivity index (χ2v) is 4.05. The number of aromatic amines is 1. The van der Waals surface area contributed by atoms with Gasteiger partial charge in [0.1, 0.15) is 0 Å². The number of rotatable bonds is 5. The maximum absolute atomic E-state index is 10.9. The fourth-order valence-corrected chi connectivity index (χ4v) is 1.93. The van der Waals surface area contributed by atoms with E-state index in [0.717, 1.165) is 23.8 Å². The third-order valence-electron chi connectivity index (χ3n) is 1.60. The molecule has 0 aromatic carbocycles. The van der Waals surface area contributed by atoms with Crippen molar-refractivity contribution in [3.05, 3.63) is 10.5 Å². The molecular formula is C7H12ClN3OS. The Morgan fingerprint density at radius 2 is 2.38 bits per heavy atom. The second-order valence-electron chi connectivity index (χ2n) is 2.61. The molecule has 0 saturated heterocycles. The van der Waals surface area contributed by atoms with E-state index in [1.807, 2.05) is 0 Å². The topological polar surface area (TPSA) is 50.7 Å². The van der Waals surface area contributed by atoms with Crippen molar-refractivity contribution in [1.29, 1.82) is 0 Å². The summed E-state index contributed by atoms with van der Waals surface area (Å²) in [6, 6.07) is 0. The van der Waals surface area contributed by atoms with E-state index in [-0.39, 0.29) is 5.69 Å². The molecule has 13 heavy (non-hydrogen) atoms. The zero-order valence-corrected chi connectivity index (χ0v) is 8.99. The van der Waals surface area contributed by atoms with Crippen LogP contribution in [0.5, 0.6) is 0 Å². The molecule has 0 radical (unpaired) electrons. The van der Waals surface area contributed by atoms with Crippen LogP contribution in [0.25, 0.3) is 0 Å². The molecule has 0 aliphatic carbocycles. The van der Waals surface area contributed by atoms with Crippen LogP contribution >= 0.6 is 23.4 Å². The van der Waals surface area contributed by atoms with Crippen LogP contribution in [0, 0.1) is 0 Å². The van der Waals surface area contributed by atoms with E-state index >= 15 is 0 Å². The van der Waals surface area contributed by atoms with Gasteiger partial charge in [-0.05, 0) is 12.8 Å². The van der Waals surface area contributed by atoms with Gasteiger partial charge in [-0.2, -0.15) is 0 Å². The van der Waals surface area contributed by atoms with Gasteiger partial charge in [-0.25, -0.2) is 9.89 Å². The first-order valence-corrected chi connectivity index (χ1v) is 5.58. The molecule has 1 N–H and O–H groups in total. The Hall–Kier alpha value is -0.420. The summed E-state index contributed by atoms with van der Waals surface area (Å²) in [6.45, 7) is 0. The van der Waals surface area contributed by atoms with E-state index in [4.69, 9.17) is 11.6 Å². The largest absolute Gasteiger partial charge is 0.343 e. The Labute approximate surface area is 85.7 Å².